The number of hydrogen-bond acceptors (Lipinski definition) is 7. The predicted molar refractivity (Wildman–Crippen MR) is 120 cm³/mol. The molecule has 2 fully saturated rings. The second-order valence-corrected chi connectivity index (χ2v) is 8.76. The van der Waals surface area contributed by atoms with E-state index < -0.39 is 11.9 Å². The third kappa shape index (κ3) is 4.62. The van der Waals surface area contributed by atoms with Crippen LogP contribution in [-0.2, 0) is 16.0 Å². The van der Waals surface area contributed by atoms with Crippen molar-refractivity contribution in [3.8, 4) is 0 Å². The molecule has 0 spiro atoms. The number of benzene rings is 1. The summed E-state index contributed by atoms with van der Waals surface area (Å²) in [6.45, 7) is 2.17. The molecule has 0 radical (unpaired) electrons. The van der Waals surface area contributed by atoms with E-state index in [1.807, 2.05) is 35.3 Å². The molecule has 3 N–H and O–H groups in total. The number of ether oxygens (including phenoxy) is 1. The Bertz CT molecular complexity index is 1030. The van der Waals surface area contributed by atoms with Crippen LogP contribution >= 0.6 is 0 Å². The highest BCUT2D eigenvalue weighted by Crippen LogP contribution is 2.28. The monoisotopic (exact) mass is 451 g/mol. The van der Waals surface area contributed by atoms with Gasteiger partial charge in [-0.3, -0.25) is 24.6 Å². The maximum absolute atomic E-state index is 13.1. The molecule has 2 atom stereocenters. The highest BCUT2D eigenvalue weighted by molar-refractivity contribution is 5.95. The molecule has 33 heavy (non-hydrogen) atoms. The number of carbonyl (C=O) groups excluding carboxylic acids is 2. The number of hydrazine groups is 1. The van der Waals surface area contributed by atoms with Crippen LogP contribution < -0.4 is 10.7 Å². The van der Waals surface area contributed by atoms with Gasteiger partial charge in [0.25, 0.3) is 11.8 Å². The van der Waals surface area contributed by atoms with Crippen LogP contribution in [0.25, 0.3) is 0 Å². The van der Waals surface area contributed by atoms with Gasteiger partial charge in [0.1, 0.15) is 17.7 Å². The number of fused-ring (bicyclic) bond motifs is 1. The molecule has 5 rings (SSSR count). The van der Waals surface area contributed by atoms with Crippen molar-refractivity contribution in [1.82, 2.24) is 35.8 Å². The molecule has 0 bridgehead atoms. The Morgan fingerprint density at radius 3 is 2.79 bits per heavy atom. The number of hydrogen-bond donors (Lipinski definition) is 3. The summed E-state index contributed by atoms with van der Waals surface area (Å²) in [6.07, 6.45) is 5.18. The first-order chi connectivity index (χ1) is 16.1. The van der Waals surface area contributed by atoms with Crippen LogP contribution in [-0.4, -0.2) is 75.8 Å². The number of rotatable bonds is 5. The fourth-order valence-electron chi connectivity index (χ4n) is 4.67. The van der Waals surface area contributed by atoms with Crippen LogP contribution in [0, 0.1) is 5.92 Å². The van der Waals surface area contributed by atoms with Gasteiger partial charge in [0, 0.05) is 33.2 Å². The van der Waals surface area contributed by atoms with Crippen molar-refractivity contribution in [2.75, 3.05) is 26.8 Å². The first-order valence-electron chi connectivity index (χ1n) is 11.5. The van der Waals surface area contributed by atoms with Gasteiger partial charge in [-0.1, -0.05) is 30.3 Å². The summed E-state index contributed by atoms with van der Waals surface area (Å²) in [6, 6.07) is 9.39. The van der Waals surface area contributed by atoms with Crippen molar-refractivity contribution in [3.05, 3.63) is 59.4 Å². The summed E-state index contributed by atoms with van der Waals surface area (Å²) in [4.78, 5) is 31.8. The minimum absolute atomic E-state index is 0.0399. The maximum Gasteiger partial charge on any atom is 0.291 e. The van der Waals surface area contributed by atoms with Crippen LogP contribution in [0.1, 0.15) is 41.3 Å². The number of nitrogens with zero attached hydrogens (tertiary/aromatic N) is 4. The average Bonchev–Trinajstić information content (AvgIpc) is 3.47. The first kappa shape index (κ1) is 21.6. The zero-order chi connectivity index (χ0) is 22.8. The average molecular weight is 452 g/mol. The largest absolute Gasteiger partial charge is 0.381 e. The molecule has 2 amide bonds. The quantitative estimate of drug-likeness (QED) is 0.616. The number of nitrogens with one attached hydrogen (secondary N) is 3. The van der Waals surface area contributed by atoms with Gasteiger partial charge in [-0.15, -0.1) is 5.10 Å². The van der Waals surface area contributed by atoms with Crippen molar-refractivity contribution < 1.29 is 14.3 Å². The van der Waals surface area contributed by atoms with Gasteiger partial charge >= 0.3 is 0 Å². The molecular formula is C23H29N7O3. The number of likely N-dealkylation sites (N-methyl/N-ethyl adjacent to an activating group) is 1. The minimum atomic E-state index is -0.645. The topological polar surface area (TPSA) is 115 Å². The van der Waals surface area contributed by atoms with Gasteiger partial charge in [-0.2, -0.15) is 0 Å². The van der Waals surface area contributed by atoms with Crippen LogP contribution in [0.4, 0.5) is 0 Å². The van der Waals surface area contributed by atoms with Crippen LogP contribution in [0.2, 0.25) is 0 Å². The lowest BCUT2D eigenvalue weighted by molar-refractivity contribution is -0.130. The van der Waals surface area contributed by atoms with Crippen molar-refractivity contribution in [2.45, 2.75) is 37.8 Å². The Balaban J connectivity index is 1.22. The molecule has 2 saturated heterocycles. The van der Waals surface area contributed by atoms with Gasteiger partial charge in [-0.25, -0.2) is 10.4 Å². The Hall–Kier alpha value is -3.24. The zero-order valence-corrected chi connectivity index (χ0v) is 18.7. The molecule has 1 aromatic heterocycles. The third-order valence-electron chi connectivity index (χ3n) is 6.55. The maximum atomic E-state index is 13.1. The van der Waals surface area contributed by atoms with Crippen molar-refractivity contribution in [3.63, 3.8) is 0 Å². The molecule has 10 heteroatoms. The van der Waals surface area contributed by atoms with Crippen molar-refractivity contribution >= 4 is 11.8 Å². The Morgan fingerprint density at radius 2 is 2.00 bits per heavy atom. The lowest BCUT2D eigenvalue weighted by Gasteiger charge is -2.29. The zero-order valence-electron chi connectivity index (χ0n) is 18.7. The number of H-pyrrole nitrogens is 1. The molecule has 1 aromatic carbocycles. The number of amides is 2. The van der Waals surface area contributed by atoms with E-state index in [-0.39, 0.29) is 17.8 Å². The van der Waals surface area contributed by atoms with Crippen molar-refractivity contribution in [2.24, 2.45) is 5.92 Å². The SMILES string of the molecule is CN1C(=O)C(NC(=O)c2n[nH]c(Cc3ccccc3)n2)CCN2NC(C3CCOCC3)C=C21. The van der Waals surface area contributed by atoms with E-state index >= 15 is 0 Å². The van der Waals surface area contributed by atoms with E-state index in [0.29, 0.717) is 31.1 Å². The second-order valence-electron chi connectivity index (χ2n) is 8.76. The van der Waals surface area contributed by atoms with E-state index in [0.717, 1.165) is 37.4 Å². The summed E-state index contributed by atoms with van der Waals surface area (Å²) in [5.74, 6) is 1.38. The van der Waals surface area contributed by atoms with E-state index in [9.17, 15) is 9.59 Å². The van der Waals surface area contributed by atoms with Crippen LogP contribution in [0.5, 0.6) is 0 Å². The molecule has 10 nitrogen and oxygen atoms in total. The number of aromatic amines is 1. The van der Waals surface area contributed by atoms with E-state index in [2.05, 4.69) is 32.0 Å². The Morgan fingerprint density at radius 1 is 1.21 bits per heavy atom. The lowest BCUT2D eigenvalue weighted by Crippen LogP contribution is -2.46. The molecule has 3 aliphatic rings. The molecule has 4 heterocycles. The summed E-state index contributed by atoms with van der Waals surface area (Å²) >= 11 is 0. The second kappa shape index (κ2) is 9.32. The lowest BCUT2D eigenvalue weighted by atomic mass is 9.92. The summed E-state index contributed by atoms with van der Waals surface area (Å²) in [5, 5.41) is 11.7. The minimum Gasteiger partial charge on any atom is -0.381 e. The standard InChI is InChI=1S/C23H29N7O3/c1-29-20-14-18(16-8-11-33-12-9-16)28-30(20)10-7-17(23(29)32)24-22(31)21-25-19(26-27-21)13-15-5-3-2-4-6-15/h2-6,14,16-18,28H,7-13H2,1H3,(H,24,31)(H,25,26,27). The van der Waals surface area contributed by atoms with E-state index in [1.165, 1.54) is 0 Å². The number of aromatic nitrogens is 3. The highest BCUT2D eigenvalue weighted by atomic mass is 16.5. The first-order valence-corrected chi connectivity index (χ1v) is 11.5. The van der Waals surface area contributed by atoms with E-state index in [4.69, 9.17) is 4.74 Å². The Kier molecular flexibility index (Phi) is 6.10. The smallest absolute Gasteiger partial charge is 0.291 e. The van der Waals surface area contributed by atoms with Gasteiger partial charge < -0.3 is 10.1 Å². The molecular weight excluding hydrogens is 422 g/mol. The molecule has 174 valence electrons. The summed E-state index contributed by atoms with van der Waals surface area (Å²) in [7, 11) is 1.75. The number of carbonyl (C=O) groups is 2. The summed E-state index contributed by atoms with van der Waals surface area (Å²) in [5.41, 5.74) is 4.61. The van der Waals surface area contributed by atoms with Crippen LogP contribution in [0.3, 0.4) is 0 Å². The fraction of sp³-hybridized carbons (Fsp3) is 0.478. The van der Waals surface area contributed by atoms with Gasteiger partial charge in [0.15, 0.2) is 0 Å². The normalized spacial score (nSPS) is 23.8. The van der Waals surface area contributed by atoms with Gasteiger partial charge in [0.05, 0.1) is 6.04 Å². The predicted octanol–water partition coefficient (Wildman–Crippen LogP) is 0.813. The molecule has 0 aliphatic carbocycles. The van der Waals surface area contributed by atoms with Gasteiger partial charge in [0.2, 0.25) is 5.82 Å². The Labute approximate surface area is 192 Å². The van der Waals surface area contributed by atoms with E-state index in [1.54, 1.807) is 11.9 Å². The van der Waals surface area contributed by atoms with Crippen molar-refractivity contribution in [1.29, 1.82) is 0 Å². The molecule has 0 saturated carbocycles. The van der Waals surface area contributed by atoms with Gasteiger partial charge in [-0.05, 0) is 36.8 Å². The fourth-order valence-corrected chi connectivity index (χ4v) is 4.67. The third-order valence-corrected chi connectivity index (χ3v) is 6.55. The van der Waals surface area contributed by atoms with Crippen LogP contribution in [0.15, 0.2) is 42.2 Å². The molecule has 3 aliphatic heterocycles. The molecule has 2 unspecified atom stereocenters. The molecule has 2 aromatic rings. The summed E-state index contributed by atoms with van der Waals surface area (Å²) < 4.78 is 5.48. The highest BCUT2D eigenvalue weighted by Gasteiger charge is 2.38.